The second kappa shape index (κ2) is 7.58. The average Bonchev–Trinajstić information content (AvgIpc) is 2.65. The Balaban J connectivity index is 1.12. The van der Waals surface area contributed by atoms with Crippen molar-refractivity contribution < 1.29 is 9.18 Å². The van der Waals surface area contributed by atoms with E-state index in [1.807, 2.05) is 0 Å². The van der Waals surface area contributed by atoms with Crippen LogP contribution in [0.4, 0.5) is 10.1 Å². The Morgan fingerprint density at radius 1 is 1.04 bits per heavy atom. The van der Waals surface area contributed by atoms with Crippen molar-refractivity contribution in [2.75, 3.05) is 38.0 Å². The third-order valence-corrected chi connectivity index (χ3v) is 7.87. The number of benzene rings is 1. The second-order valence-corrected chi connectivity index (χ2v) is 9.82. The van der Waals surface area contributed by atoms with Gasteiger partial charge in [0.25, 0.3) is 0 Å². The zero-order chi connectivity index (χ0) is 19.3. The predicted molar refractivity (Wildman–Crippen MR) is 109 cm³/mol. The lowest BCUT2D eigenvalue weighted by molar-refractivity contribution is -0.118. The van der Waals surface area contributed by atoms with Crippen molar-refractivity contribution in [1.29, 1.82) is 0 Å². The molecule has 5 fully saturated rings. The Labute approximate surface area is 171 Å². The van der Waals surface area contributed by atoms with Gasteiger partial charge in [-0.1, -0.05) is 11.6 Å². The van der Waals surface area contributed by atoms with E-state index in [1.54, 1.807) is 6.07 Å². The van der Waals surface area contributed by atoms with Crippen molar-refractivity contribution in [3.8, 4) is 0 Å². The van der Waals surface area contributed by atoms with Gasteiger partial charge in [-0.3, -0.25) is 14.6 Å². The Kier molecular flexibility index (Phi) is 5.10. The molecule has 1 amide bonds. The Morgan fingerprint density at radius 3 is 2.29 bits per heavy atom. The molecule has 0 atom stereocenters. The van der Waals surface area contributed by atoms with Crippen LogP contribution in [0.3, 0.4) is 0 Å². The van der Waals surface area contributed by atoms with Gasteiger partial charge in [-0.15, -0.1) is 0 Å². The number of hydrogen-bond donors (Lipinski definition) is 1. The van der Waals surface area contributed by atoms with Crippen molar-refractivity contribution in [2.24, 2.45) is 23.7 Å². The molecule has 6 heteroatoms. The van der Waals surface area contributed by atoms with E-state index in [9.17, 15) is 9.18 Å². The van der Waals surface area contributed by atoms with Gasteiger partial charge in [0.15, 0.2) is 0 Å². The molecule has 4 aliphatic carbocycles. The molecule has 1 aromatic carbocycles. The summed E-state index contributed by atoms with van der Waals surface area (Å²) in [6.45, 7) is 4.41. The highest BCUT2D eigenvalue weighted by Gasteiger charge is 2.50. The first kappa shape index (κ1) is 18.8. The predicted octanol–water partition coefficient (Wildman–Crippen LogP) is 3.86. The van der Waals surface area contributed by atoms with Gasteiger partial charge < -0.3 is 5.32 Å². The number of carbonyl (C=O) groups is 1. The standard InChI is InChI=1S/C22H29ClFN3O/c23-19-12-18(1-2-20(19)24)25-21(28)13-26-3-5-27(6-4-26)22-16-8-14-7-15(10-16)11-17(22)9-14/h1-2,12,14-17,22H,3-11,13H2,(H,25,28). The normalized spacial score (nSPS) is 35.3. The molecule has 0 radical (unpaired) electrons. The van der Waals surface area contributed by atoms with Crippen molar-refractivity contribution in [1.82, 2.24) is 9.80 Å². The molecular weight excluding hydrogens is 377 g/mol. The van der Waals surface area contributed by atoms with E-state index < -0.39 is 5.82 Å². The van der Waals surface area contributed by atoms with Gasteiger partial charge in [-0.25, -0.2) is 4.39 Å². The summed E-state index contributed by atoms with van der Waals surface area (Å²) in [5.74, 6) is 3.35. The van der Waals surface area contributed by atoms with Crippen LogP contribution in [0.25, 0.3) is 0 Å². The van der Waals surface area contributed by atoms with Crippen LogP contribution in [0.15, 0.2) is 18.2 Å². The SMILES string of the molecule is O=C(CN1CCN(C2C3CC4CC(C3)CC2C4)CC1)Nc1ccc(F)c(Cl)c1. The minimum absolute atomic E-state index is 0.0297. The summed E-state index contributed by atoms with van der Waals surface area (Å²) in [4.78, 5) is 17.3. The van der Waals surface area contributed by atoms with E-state index in [0.717, 1.165) is 55.9 Å². The summed E-state index contributed by atoms with van der Waals surface area (Å²) in [5.41, 5.74) is 0.545. The first-order valence-corrected chi connectivity index (χ1v) is 11.1. The van der Waals surface area contributed by atoms with Crippen LogP contribution in [0.1, 0.15) is 32.1 Å². The van der Waals surface area contributed by atoms with Crippen LogP contribution in [-0.4, -0.2) is 54.5 Å². The molecule has 4 nitrogen and oxygen atoms in total. The van der Waals surface area contributed by atoms with E-state index in [1.165, 1.54) is 44.2 Å². The van der Waals surface area contributed by atoms with Crippen LogP contribution in [0.2, 0.25) is 5.02 Å². The van der Waals surface area contributed by atoms with Gasteiger partial charge in [-0.2, -0.15) is 0 Å². The lowest BCUT2D eigenvalue weighted by Gasteiger charge is -2.58. The summed E-state index contributed by atoms with van der Waals surface area (Å²) < 4.78 is 13.3. The number of nitrogens with zero attached hydrogens (tertiary/aromatic N) is 2. The number of anilines is 1. The van der Waals surface area contributed by atoms with Crippen molar-refractivity contribution in [2.45, 2.75) is 38.1 Å². The molecule has 28 heavy (non-hydrogen) atoms. The molecule has 1 saturated heterocycles. The van der Waals surface area contributed by atoms with Gasteiger partial charge in [0, 0.05) is 37.9 Å². The molecule has 0 unspecified atom stereocenters. The van der Waals surface area contributed by atoms with Gasteiger partial charge in [-0.05, 0) is 74.0 Å². The molecule has 1 heterocycles. The molecule has 5 aliphatic rings. The third-order valence-electron chi connectivity index (χ3n) is 7.58. The topological polar surface area (TPSA) is 35.6 Å². The molecule has 1 N–H and O–H groups in total. The zero-order valence-electron chi connectivity index (χ0n) is 16.2. The number of hydrogen-bond acceptors (Lipinski definition) is 3. The van der Waals surface area contributed by atoms with Gasteiger partial charge in [0.1, 0.15) is 5.82 Å². The fourth-order valence-electron chi connectivity index (χ4n) is 6.69. The molecular formula is C22H29ClFN3O. The number of nitrogens with one attached hydrogen (secondary N) is 1. The second-order valence-electron chi connectivity index (χ2n) is 9.41. The van der Waals surface area contributed by atoms with Gasteiger partial charge in [0.05, 0.1) is 11.6 Å². The summed E-state index contributed by atoms with van der Waals surface area (Å²) in [6, 6.07) is 5.08. The van der Waals surface area contributed by atoms with Crippen LogP contribution >= 0.6 is 11.6 Å². The lowest BCUT2D eigenvalue weighted by atomic mass is 9.54. The maximum atomic E-state index is 13.3. The van der Waals surface area contributed by atoms with Crippen molar-refractivity contribution in [3.63, 3.8) is 0 Å². The number of halogens is 2. The molecule has 1 aromatic rings. The molecule has 4 saturated carbocycles. The maximum absolute atomic E-state index is 13.3. The smallest absolute Gasteiger partial charge is 0.238 e. The van der Waals surface area contributed by atoms with E-state index in [2.05, 4.69) is 15.1 Å². The molecule has 0 spiro atoms. The summed E-state index contributed by atoms with van der Waals surface area (Å²) >= 11 is 5.79. The highest BCUT2D eigenvalue weighted by molar-refractivity contribution is 6.31. The highest BCUT2D eigenvalue weighted by atomic mass is 35.5. The quantitative estimate of drug-likeness (QED) is 0.826. The zero-order valence-corrected chi connectivity index (χ0v) is 17.0. The fraction of sp³-hybridized carbons (Fsp3) is 0.682. The van der Waals surface area contributed by atoms with Crippen molar-refractivity contribution in [3.05, 3.63) is 29.0 Å². The summed E-state index contributed by atoms with van der Waals surface area (Å²) in [5, 5.41) is 2.86. The number of piperazine rings is 1. The average molecular weight is 406 g/mol. The highest BCUT2D eigenvalue weighted by Crippen LogP contribution is 2.55. The van der Waals surface area contributed by atoms with Crippen LogP contribution in [0.5, 0.6) is 0 Å². The molecule has 1 aliphatic heterocycles. The van der Waals surface area contributed by atoms with E-state index in [-0.39, 0.29) is 10.9 Å². The van der Waals surface area contributed by atoms with E-state index in [4.69, 9.17) is 11.6 Å². The molecule has 6 rings (SSSR count). The van der Waals surface area contributed by atoms with Crippen LogP contribution in [0, 0.1) is 29.5 Å². The number of rotatable bonds is 4. The third kappa shape index (κ3) is 3.69. The molecule has 152 valence electrons. The maximum Gasteiger partial charge on any atom is 0.238 e. The Hall–Kier alpha value is -1.17. The number of amides is 1. The van der Waals surface area contributed by atoms with Crippen molar-refractivity contribution >= 4 is 23.2 Å². The van der Waals surface area contributed by atoms with Gasteiger partial charge in [0.2, 0.25) is 5.91 Å². The Bertz CT molecular complexity index is 721. The van der Waals surface area contributed by atoms with E-state index in [0.29, 0.717) is 12.2 Å². The van der Waals surface area contributed by atoms with E-state index >= 15 is 0 Å². The summed E-state index contributed by atoms with van der Waals surface area (Å²) in [7, 11) is 0. The fourth-order valence-corrected chi connectivity index (χ4v) is 6.87. The van der Waals surface area contributed by atoms with Gasteiger partial charge >= 0.3 is 0 Å². The molecule has 4 bridgehead atoms. The first-order chi connectivity index (χ1) is 13.5. The summed E-state index contributed by atoms with van der Waals surface area (Å²) in [6.07, 6.45) is 7.34. The minimum atomic E-state index is -0.472. The lowest BCUT2D eigenvalue weighted by Crippen LogP contribution is -2.60. The minimum Gasteiger partial charge on any atom is -0.325 e. The largest absolute Gasteiger partial charge is 0.325 e. The number of carbonyl (C=O) groups excluding carboxylic acids is 1. The monoisotopic (exact) mass is 405 g/mol. The first-order valence-electron chi connectivity index (χ1n) is 10.8. The van der Waals surface area contributed by atoms with Crippen LogP contribution in [-0.2, 0) is 4.79 Å². The van der Waals surface area contributed by atoms with Crippen LogP contribution < -0.4 is 5.32 Å². The molecule has 0 aromatic heterocycles. The Morgan fingerprint density at radius 2 is 1.68 bits per heavy atom.